The molecule has 1 amide bonds. The predicted octanol–water partition coefficient (Wildman–Crippen LogP) is 3.58. The maximum absolute atomic E-state index is 13.0. The summed E-state index contributed by atoms with van der Waals surface area (Å²) < 4.78 is 5.50. The third kappa shape index (κ3) is 5.84. The van der Waals surface area contributed by atoms with Crippen LogP contribution in [0.1, 0.15) is 62.5 Å². The van der Waals surface area contributed by atoms with Gasteiger partial charge in [0.25, 0.3) is 0 Å². The standard InChI is InChI=1S/C21H31NO4/c1-17-8-10-18(11-9-17)21(12-15-26-16-13-21)20(25)22-14-6-4-2-3-5-7-19(23)24/h8-11H,2-7,12-16H2,1H3,(H,22,25)(H,23,24). The Morgan fingerprint density at radius 3 is 2.31 bits per heavy atom. The van der Waals surface area contributed by atoms with Gasteiger partial charge in [-0.3, -0.25) is 9.59 Å². The van der Waals surface area contributed by atoms with E-state index >= 15 is 0 Å². The lowest BCUT2D eigenvalue weighted by Gasteiger charge is -2.36. The Bertz CT molecular complexity index is 576. The zero-order valence-electron chi connectivity index (χ0n) is 15.8. The van der Waals surface area contributed by atoms with Crippen LogP contribution in [0.2, 0.25) is 0 Å². The summed E-state index contributed by atoms with van der Waals surface area (Å²) in [5.74, 6) is -0.620. The second-order valence-corrected chi connectivity index (χ2v) is 7.23. The van der Waals surface area contributed by atoms with Crippen LogP contribution >= 0.6 is 0 Å². The fraction of sp³-hybridized carbons (Fsp3) is 0.619. The topological polar surface area (TPSA) is 75.6 Å². The van der Waals surface area contributed by atoms with Crippen LogP contribution in [0.25, 0.3) is 0 Å². The van der Waals surface area contributed by atoms with Crippen molar-refractivity contribution in [1.29, 1.82) is 0 Å². The highest BCUT2D eigenvalue weighted by molar-refractivity contribution is 5.88. The Labute approximate surface area is 156 Å². The van der Waals surface area contributed by atoms with Crippen molar-refractivity contribution in [1.82, 2.24) is 5.32 Å². The fourth-order valence-electron chi connectivity index (χ4n) is 3.54. The molecule has 0 atom stereocenters. The minimum Gasteiger partial charge on any atom is -0.481 e. The molecule has 0 aromatic heterocycles. The Kier molecular flexibility index (Phi) is 8.10. The summed E-state index contributed by atoms with van der Waals surface area (Å²) in [7, 11) is 0. The van der Waals surface area contributed by atoms with Crippen LogP contribution in [-0.4, -0.2) is 36.7 Å². The summed E-state index contributed by atoms with van der Waals surface area (Å²) in [5.41, 5.74) is 1.80. The number of nitrogens with one attached hydrogen (secondary N) is 1. The molecule has 0 saturated carbocycles. The SMILES string of the molecule is Cc1ccc(C2(C(=O)NCCCCCCCC(=O)O)CCOCC2)cc1. The molecule has 0 bridgehead atoms. The number of carbonyl (C=O) groups is 2. The number of aliphatic carboxylic acids is 1. The van der Waals surface area contributed by atoms with E-state index in [-0.39, 0.29) is 12.3 Å². The number of rotatable bonds is 10. The van der Waals surface area contributed by atoms with Gasteiger partial charge in [0, 0.05) is 26.2 Å². The highest BCUT2D eigenvalue weighted by Crippen LogP contribution is 2.35. The summed E-state index contributed by atoms with van der Waals surface area (Å²) >= 11 is 0. The van der Waals surface area contributed by atoms with Gasteiger partial charge in [0.05, 0.1) is 5.41 Å². The fourth-order valence-corrected chi connectivity index (χ4v) is 3.54. The number of benzene rings is 1. The van der Waals surface area contributed by atoms with Crippen molar-refractivity contribution in [2.45, 2.75) is 63.7 Å². The van der Waals surface area contributed by atoms with Crippen molar-refractivity contribution in [2.24, 2.45) is 0 Å². The van der Waals surface area contributed by atoms with Crippen LogP contribution in [0.4, 0.5) is 0 Å². The molecule has 0 spiro atoms. The monoisotopic (exact) mass is 361 g/mol. The second kappa shape index (κ2) is 10.3. The van der Waals surface area contributed by atoms with Gasteiger partial charge in [0.2, 0.25) is 5.91 Å². The molecule has 2 rings (SSSR count). The van der Waals surface area contributed by atoms with Gasteiger partial charge in [-0.2, -0.15) is 0 Å². The van der Waals surface area contributed by atoms with E-state index in [1.807, 2.05) is 0 Å². The van der Waals surface area contributed by atoms with Crippen LogP contribution in [0.5, 0.6) is 0 Å². The van der Waals surface area contributed by atoms with Crippen LogP contribution in [-0.2, 0) is 19.7 Å². The Balaban J connectivity index is 1.80. The van der Waals surface area contributed by atoms with Gasteiger partial charge in [0.15, 0.2) is 0 Å². The number of carboxylic acids is 1. The van der Waals surface area contributed by atoms with Gasteiger partial charge in [-0.25, -0.2) is 0 Å². The largest absolute Gasteiger partial charge is 0.481 e. The highest BCUT2D eigenvalue weighted by atomic mass is 16.5. The number of amides is 1. The number of ether oxygens (including phenoxy) is 1. The minimum absolute atomic E-state index is 0.107. The minimum atomic E-state index is -0.727. The van der Waals surface area contributed by atoms with Crippen molar-refractivity contribution in [2.75, 3.05) is 19.8 Å². The summed E-state index contributed by atoms with van der Waals surface area (Å²) in [5, 5.41) is 11.7. The van der Waals surface area contributed by atoms with Gasteiger partial charge in [-0.1, -0.05) is 49.1 Å². The molecule has 0 radical (unpaired) electrons. The normalized spacial score (nSPS) is 16.2. The summed E-state index contributed by atoms with van der Waals surface area (Å²) in [4.78, 5) is 23.5. The molecular formula is C21H31NO4. The molecule has 5 nitrogen and oxygen atoms in total. The van der Waals surface area contributed by atoms with Gasteiger partial charge in [0.1, 0.15) is 0 Å². The molecule has 2 N–H and O–H groups in total. The van der Waals surface area contributed by atoms with Gasteiger partial charge >= 0.3 is 5.97 Å². The Hall–Kier alpha value is -1.88. The molecule has 1 aliphatic rings. The first-order valence-electron chi connectivity index (χ1n) is 9.69. The van der Waals surface area contributed by atoms with Gasteiger partial charge in [-0.05, 0) is 38.2 Å². The summed E-state index contributed by atoms with van der Waals surface area (Å²) in [6.07, 6.45) is 6.31. The third-order valence-electron chi connectivity index (χ3n) is 5.24. The smallest absolute Gasteiger partial charge is 0.303 e. The molecule has 1 fully saturated rings. The first-order valence-corrected chi connectivity index (χ1v) is 9.69. The lowest BCUT2D eigenvalue weighted by atomic mass is 9.73. The van der Waals surface area contributed by atoms with Gasteiger partial charge in [-0.15, -0.1) is 0 Å². The Morgan fingerprint density at radius 1 is 1.04 bits per heavy atom. The molecule has 1 heterocycles. The second-order valence-electron chi connectivity index (χ2n) is 7.23. The van der Waals surface area contributed by atoms with E-state index in [1.54, 1.807) is 0 Å². The molecule has 1 aromatic carbocycles. The number of unbranched alkanes of at least 4 members (excludes halogenated alkanes) is 4. The van der Waals surface area contributed by atoms with Crippen molar-refractivity contribution >= 4 is 11.9 Å². The molecular weight excluding hydrogens is 330 g/mol. The number of aryl methyl sites for hydroxylation is 1. The van der Waals surface area contributed by atoms with Crippen LogP contribution in [0.15, 0.2) is 24.3 Å². The molecule has 1 aromatic rings. The van der Waals surface area contributed by atoms with E-state index < -0.39 is 11.4 Å². The van der Waals surface area contributed by atoms with E-state index in [9.17, 15) is 9.59 Å². The van der Waals surface area contributed by atoms with E-state index in [4.69, 9.17) is 9.84 Å². The lowest BCUT2D eigenvalue weighted by Crippen LogP contribution is -2.48. The summed E-state index contributed by atoms with van der Waals surface area (Å²) in [6.45, 7) is 3.96. The summed E-state index contributed by atoms with van der Waals surface area (Å²) in [6, 6.07) is 8.28. The third-order valence-corrected chi connectivity index (χ3v) is 5.24. The predicted molar refractivity (Wildman–Crippen MR) is 101 cm³/mol. The molecule has 1 aliphatic heterocycles. The van der Waals surface area contributed by atoms with Crippen molar-refractivity contribution in [3.63, 3.8) is 0 Å². The number of carbonyl (C=O) groups excluding carboxylic acids is 1. The Morgan fingerprint density at radius 2 is 1.65 bits per heavy atom. The first kappa shape index (κ1) is 20.4. The first-order chi connectivity index (χ1) is 12.5. The average molecular weight is 361 g/mol. The molecule has 0 unspecified atom stereocenters. The quantitative estimate of drug-likeness (QED) is 0.625. The maximum atomic E-state index is 13.0. The van der Waals surface area contributed by atoms with E-state index in [1.165, 1.54) is 5.56 Å². The van der Waals surface area contributed by atoms with Crippen molar-refractivity contribution < 1.29 is 19.4 Å². The van der Waals surface area contributed by atoms with E-state index in [0.717, 1.165) is 50.5 Å². The van der Waals surface area contributed by atoms with E-state index in [2.05, 4.69) is 36.5 Å². The number of hydrogen-bond acceptors (Lipinski definition) is 3. The number of hydrogen-bond donors (Lipinski definition) is 2. The van der Waals surface area contributed by atoms with Crippen molar-refractivity contribution in [3.8, 4) is 0 Å². The molecule has 1 saturated heterocycles. The molecule has 0 aliphatic carbocycles. The molecule has 144 valence electrons. The lowest BCUT2D eigenvalue weighted by molar-refractivity contribution is -0.137. The van der Waals surface area contributed by atoms with Crippen LogP contribution < -0.4 is 5.32 Å². The molecule has 26 heavy (non-hydrogen) atoms. The van der Waals surface area contributed by atoms with Crippen LogP contribution in [0.3, 0.4) is 0 Å². The zero-order chi connectivity index (χ0) is 18.8. The zero-order valence-corrected chi connectivity index (χ0v) is 15.8. The average Bonchev–Trinajstić information content (AvgIpc) is 2.64. The van der Waals surface area contributed by atoms with Crippen molar-refractivity contribution in [3.05, 3.63) is 35.4 Å². The van der Waals surface area contributed by atoms with Gasteiger partial charge < -0.3 is 15.2 Å². The number of carboxylic acid groups (broad SMARTS) is 1. The van der Waals surface area contributed by atoms with E-state index in [0.29, 0.717) is 19.8 Å². The highest BCUT2D eigenvalue weighted by Gasteiger charge is 2.41. The maximum Gasteiger partial charge on any atom is 0.303 e. The molecule has 5 heteroatoms. The van der Waals surface area contributed by atoms with Crippen LogP contribution in [0, 0.1) is 6.92 Å².